The van der Waals surface area contributed by atoms with E-state index in [0.29, 0.717) is 5.15 Å². The molecule has 1 aliphatic carbocycles. The first-order valence-corrected chi connectivity index (χ1v) is 4.97. The maximum absolute atomic E-state index is 9.00. The number of rotatable bonds is 1. The Morgan fingerprint density at radius 2 is 2.15 bits per heavy atom. The summed E-state index contributed by atoms with van der Waals surface area (Å²) in [5.41, 5.74) is 3.13. The second-order valence-electron chi connectivity index (χ2n) is 3.41. The maximum Gasteiger partial charge on any atom is 0.134 e. The van der Waals surface area contributed by atoms with Crippen molar-refractivity contribution in [3.63, 3.8) is 0 Å². The zero-order valence-electron chi connectivity index (χ0n) is 7.39. The highest BCUT2D eigenvalue weighted by molar-refractivity contribution is 6.30. The average molecular weight is 198 g/mol. The molecule has 0 fully saturated rings. The van der Waals surface area contributed by atoms with Crippen LogP contribution in [0, 0.1) is 0 Å². The molecule has 0 saturated heterocycles. The number of aryl methyl sites for hydroxylation is 2. The molecular weight excluding hydrogens is 186 g/mol. The van der Waals surface area contributed by atoms with Crippen molar-refractivity contribution in [3.8, 4) is 0 Å². The Labute approximate surface area is 82.6 Å². The molecule has 0 unspecified atom stereocenters. The molecule has 0 aromatic carbocycles. The van der Waals surface area contributed by atoms with Crippen LogP contribution >= 0.6 is 11.6 Å². The third-order valence-corrected chi connectivity index (χ3v) is 2.82. The van der Waals surface area contributed by atoms with E-state index in [9.17, 15) is 0 Å². The minimum Gasteiger partial charge on any atom is -0.392 e. The van der Waals surface area contributed by atoms with Crippen molar-refractivity contribution in [1.29, 1.82) is 0 Å². The highest BCUT2D eigenvalue weighted by Crippen LogP contribution is 2.24. The van der Waals surface area contributed by atoms with Crippen molar-refractivity contribution in [2.45, 2.75) is 32.3 Å². The Kier molecular flexibility index (Phi) is 2.51. The van der Waals surface area contributed by atoms with E-state index in [2.05, 4.69) is 4.98 Å². The van der Waals surface area contributed by atoms with Gasteiger partial charge >= 0.3 is 0 Å². The highest BCUT2D eigenvalue weighted by atomic mass is 35.5. The topological polar surface area (TPSA) is 33.1 Å². The zero-order valence-corrected chi connectivity index (χ0v) is 8.14. The van der Waals surface area contributed by atoms with Gasteiger partial charge in [0.2, 0.25) is 0 Å². The standard InChI is InChI=1S/C10H12ClNO/c11-10-8(6-13)5-7-3-1-2-4-9(7)12-10/h5,13H,1-4,6H2. The molecule has 1 aromatic heterocycles. The fraction of sp³-hybridized carbons (Fsp3) is 0.500. The fourth-order valence-electron chi connectivity index (χ4n) is 1.77. The molecule has 0 spiro atoms. The Morgan fingerprint density at radius 3 is 2.92 bits per heavy atom. The summed E-state index contributed by atoms with van der Waals surface area (Å²) in [6, 6.07) is 1.99. The van der Waals surface area contributed by atoms with E-state index in [1.807, 2.05) is 6.07 Å². The lowest BCUT2D eigenvalue weighted by Crippen LogP contribution is -2.07. The Morgan fingerprint density at radius 1 is 1.38 bits per heavy atom. The summed E-state index contributed by atoms with van der Waals surface area (Å²) < 4.78 is 0. The minimum atomic E-state index is -0.0148. The van der Waals surface area contributed by atoms with Gasteiger partial charge in [0.1, 0.15) is 5.15 Å². The van der Waals surface area contributed by atoms with Crippen LogP contribution < -0.4 is 0 Å². The molecule has 0 aliphatic heterocycles. The second-order valence-corrected chi connectivity index (χ2v) is 3.77. The molecule has 0 amide bonds. The van der Waals surface area contributed by atoms with Crippen molar-refractivity contribution in [2.75, 3.05) is 0 Å². The fourth-order valence-corrected chi connectivity index (χ4v) is 1.98. The Balaban J connectivity index is 2.44. The van der Waals surface area contributed by atoms with Crippen LogP contribution in [0.25, 0.3) is 0 Å². The molecular formula is C10H12ClNO. The van der Waals surface area contributed by atoms with E-state index >= 15 is 0 Å². The minimum absolute atomic E-state index is 0.0148. The molecule has 1 heterocycles. The molecule has 0 atom stereocenters. The van der Waals surface area contributed by atoms with Crippen LogP contribution in [0.15, 0.2) is 6.07 Å². The van der Waals surface area contributed by atoms with E-state index in [0.717, 1.165) is 24.1 Å². The van der Waals surface area contributed by atoms with Crippen LogP contribution in [-0.2, 0) is 19.4 Å². The lowest BCUT2D eigenvalue weighted by Gasteiger charge is -2.15. The lowest BCUT2D eigenvalue weighted by atomic mass is 9.95. The van der Waals surface area contributed by atoms with Crippen LogP contribution in [0.2, 0.25) is 5.15 Å². The first-order valence-electron chi connectivity index (χ1n) is 4.59. The quantitative estimate of drug-likeness (QED) is 0.700. The molecule has 0 bridgehead atoms. The summed E-state index contributed by atoms with van der Waals surface area (Å²) in [5.74, 6) is 0. The van der Waals surface area contributed by atoms with Crippen molar-refractivity contribution in [2.24, 2.45) is 0 Å². The first kappa shape index (κ1) is 8.97. The lowest BCUT2D eigenvalue weighted by molar-refractivity contribution is 0.281. The summed E-state index contributed by atoms with van der Waals surface area (Å²) in [4.78, 5) is 4.29. The number of aromatic nitrogens is 1. The van der Waals surface area contributed by atoms with Crippen LogP contribution in [0.1, 0.15) is 29.7 Å². The zero-order chi connectivity index (χ0) is 9.26. The monoisotopic (exact) mass is 197 g/mol. The molecule has 13 heavy (non-hydrogen) atoms. The number of aliphatic hydroxyl groups excluding tert-OH is 1. The van der Waals surface area contributed by atoms with Crippen LogP contribution in [0.3, 0.4) is 0 Å². The summed E-state index contributed by atoms with van der Waals surface area (Å²) in [5, 5.41) is 9.46. The SMILES string of the molecule is OCc1cc2c(nc1Cl)CCCC2. The van der Waals surface area contributed by atoms with Gasteiger partial charge in [-0.3, -0.25) is 0 Å². The van der Waals surface area contributed by atoms with Gasteiger partial charge in [0, 0.05) is 11.3 Å². The van der Waals surface area contributed by atoms with Gasteiger partial charge in [-0.2, -0.15) is 0 Å². The summed E-state index contributed by atoms with van der Waals surface area (Å²) >= 11 is 5.89. The van der Waals surface area contributed by atoms with E-state index in [1.165, 1.54) is 18.4 Å². The van der Waals surface area contributed by atoms with Gasteiger partial charge in [0.25, 0.3) is 0 Å². The summed E-state index contributed by atoms with van der Waals surface area (Å²) in [7, 11) is 0. The highest BCUT2D eigenvalue weighted by Gasteiger charge is 2.13. The number of pyridine rings is 1. The Bertz CT molecular complexity index is 325. The molecule has 3 heteroatoms. The summed E-state index contributed by atoms with van der Waals surface area (Å²) in [6.45, 7) is -0.0148. The Hall–Kier alpha value is -0.600. The van der Waals surface area contributed by atoms with E-state index in [1.54, 1.807) is 0 Å². The predicted molar refractivity (Wildman–Crippen MR) is 51.8 cm³/mol. The van der Waals surface area contributed by atoms with Crippen LogP contribution in [0.5, 0.6) is 0 Å². The van der Waals surface area contributed by atoms with Gasteiger partial charge in [0.05, 0.1) is 6.61 Å². The number of nitrogens with zero attached hydrogens (tertiary/aromatic N) is 1. The average Bonchev–Trinajstić information content (AvgIpc) is 2.17. The first-order chi connectivity index (χ1) is 6.31. The third kappa shape index (κ3) is 1.69. The van der Waals surface area contributed by atoms with Gasteiger partial charge < -0.3 is 5.11 Å². The largest absolute Gasteiger partial charge is 0.392 e. The second kappa shape index (κ2) is 3.64. The van der Waals surface area contributed by atoms with Crippen LogP contribution in [-0.4, -0.2) is 10.1 Å². The van der Waals surface area contributed by atoms with Gasteiger partial charge in [-0.1, -0.05) is 11.6 Å². The molecule has 1 aliphatic rings. The smallest absolute Gasteiger partial charge is 0.134 e. The molecule has 0 radical (unpaired) electrons. The molecule has 2 rings (SSSR count). The number of fused-ring (bicyclic) bond motifs is 1. The summed E-state index contributed by atoms with van der Waals surface area (Å²) in [6.07, 6.45) is 4.53. The number of hydrogen-bond acceptors (Lipinski definition) is 2. The number of aliphatic hydroxyl groups is 1. The van der Waals surface area contributed by atoms with E-state index < -0.39 is 0 Å². The van der Waals surface area contributed by atoms with E-state index in [4.69, 9.17) is 16.7 Å². The van der Waals surface area contributed by atoms with Gasteiger partial charge in [-0.15, -0.1) is 0 Å². The molecule has 1 N–H and O–H groups in total. The molecule has 1 aromatic rings. The van der Waals surface area contributed by atoms with Gasteiger partial charge in [-0.05, 0) is 37.3 Å². The van der Waals surface area contributed by atoms with Crippen molar-refractivity contribution >= 4 is 11.6 Å². The van der Waals surface area contributed by atoms with Gasteiger partial charge in [-0.25, -0.2) is 4.98 Å². The molecule has 70 valence electrons. The number of hydrogen-bond donors (Lipinski definition) is 1. The third-order valence-electron chi connectivity index (χ3n) is 2.50. The molecule has 2 nitrogen and oxygen atoms in total. The predicted octanol–water partition coefficient (Wildman–Crippen LogP) is 2.11. The van der Waals surface area contributed by atoms with Gasteiger partial charge in [0.15, 0.2) is 0 Å². The van der Waals surface area contributed by atoms with E-state index in [-0.39, 0.29) is 6.61 Å². The van der Waals surface area contributed by atoms with Crippen molar-refractivity contribution in [3.05, 3.63) is 28.0 Å². The maximum atomic E-state index is 9.00. The molecule has 0 saturated carbocycles. The number of halogens is 1. The van der Waals surface area contributed by atoms with Crippen molar-refractivity contribution < 1.29 is 5.11 Å². The normalized spacial score (nSPS) is 15.5. The van der Waals surface area contributed by atoms with Crippen LogP contribution in [0.4, 0.5) is 0 Å². The van der Waals surface area contributed by atoms with Crippen molar-refractivity contribution in [1.82, 2.24) is 4.98 Å².